The molecule has 1 saturated carbocycles. The minimum atomic E-state index is 0.442. The van der Waals surface area contributed by atoms with Crippen molar-refractivity contribution in [2.75, 3.05) is 11.6 Å². The average molecular weight is 330 g/mol. The lowest BCUT2D eigenvalue weighted by Gasteiger charge is -2.13. The fourth-order valence-electron chi connectivity index (χ4n) is 2.42. The lowest BCUT2D eigenvalue weighted by Crippen LogP contribution is -2.18. The molecule has 0 aliphatic heterocycles. The molecule has 0 atom stereocenters. The number of hydrogen-bond donors (Lipinski definition) is 0. The van der Waals surface area contributed by atoms with E-state index in [2.05, 4.69) is 10.9 Å². The van der Waals surface area contributed by atoms with E-state index in [1.165, 1.54) is 18.6 Å². The van der Waals surface area contributed by atoms with Crippen molar-refractivity contribution in [2.24, 2.45) is 5.10 Å². The standard InChI is InChI=1S/C17H16ClN3S/c1-2-11-21(20-15-5-3-4-6-15)17-19-16(12-22-17)13-7-9-14(18)10-8-13/h1,7-10,12H,3-6,11H2. The highest BCUT2D eigenvalue weighted by Crippen LogP contribution is 2.29. The van der Waals surface area contributed by atoms with Crippen LogP contribution < -0.4 is 5.01 Å². The van der Waals surface area contributed by atoms with Gasteiger partial charge in [0.2, 0.25) is 5.13 Å². The van der Waals surface area contributed by atoms with Gasteiger partial charge in [-0.25, -0.2) is 9.99 Å². The Morgan fingerprint density at radius 2 is 2.00 bits per heavy atom. The van der Waals surface area contributed by atoms with Gasteiger partial charge in [0.25, 0.3) is 0 Å². The molecule has 0 unspecified atom stereocenters. The smallest absolute Gasteiger partial charge is 0.207 e. The van der Waals surface area contributed by atoms with Gasteiger partial charge >= 0.3 is 0 Å². The van der Waals surface area contributed by atoms with Crippen LogP contribution in [0.3, 0.4) is 0 Å². The van der Waals surface area contributed by atoms with E-state index in [1.807, 2.05) is 34.7 Å². The molecule has 112 valence electrons. The van der Waals surface area contributed by atoms with E-state index >= 15 is 0 Å². The highest BCUT2D eigenvalue weighted by atomic mass is 35.5. The third-order valence-corrected chi connectivity index (χ3v) is 4.64. The first-order valence-electron chi connectivity index (χ1n) is 7.25. The number of anilines is 1. The quantitative estimate of drug-likeness (QED) is 0.593. The zero-order chi connectivity index (χ0) is 15.4. The summed E-state index contributed by atoms with van der Waals surface area (Å²) in [4.78, 5) is 4.67. The molecule has 22 heavy (non-hydrogen) atoms. The molecule has 1 aliphatic rings. The van der Waals surface area contributed by atoms with Gasteiger partial charge in [0, 0.05) is 21.7 Å². The van der Waals surface area contributed by atoms with Crippen LogP contribution in [0.5, 0.6) is 0 Å². The summed E-state index contributed by atoms with van der Waals surface area (Å²) in [5.74, 6) is 2.66. The topological polar surface area (TPSA) is 28.5 Å². The SMILES string of the molecule is C#CCN(N=C1CCCC1)c1nc(-c2ccc(Cl)cc2)cs1. The van der Waals surface area contributed by atoms with Crippen LogP contribution in [0.1, 0.15) is 25.7 Å². The molecule has 0 saturated heterocycles. The van der Waals surface area contributed by atoms with E-state index in [1.54, 1.807) is 11.3 Å². The molecule has 3 rings (SSSR count). The van der Waals surface area contributed by atoms with Gasteiger partial charge in [-0.2, -0.15) is 5.10 Å². The predicted octanol–water partition coefficient (Wildman–Crippen LogP) is 4.83. The summed E-state index contributed by atoms with van der Waals surface area (Å²) in [5, 5.41) is 10.1. The van der Waals surface area contributed by atoms with Crippen molar-refractivity contribution in [1.29, 1.82) is 0 Å². The second-order valence-electron chi connectivity index (χ2n) is 5.16. The fraction of sp³-hybridized carbons (Fsp3) is 0.294. The summed E-state index contributed by atoms with van der Waals surface area (Å²) in [5.41, 5.74) is 3.19. The number of terminal acetylenes is 1. The monoisotopic (exact) mass is 329 g/mol. The third-order valence-electron chi connectivity index (χ3n) is 3.54. The predicted molar refractivity (Wildman–Crippen MR) is 94.6 cm³/mol. The number of hydrazone groups is 1. The second kappa shape index (κ2) is 6.95. The summed E-state index contributed by atoms with van der Waals surface area (Å²) in [7, 11) is 0. The first-order chi connectivity index (χ1) is 10.8. The van der Waals surface area contributed by atoms with E-state index in [4.69, 9.17) is 23.1 Å². The van der Waals surface area contributed by atoms with Crippen LogP contribution >= 0.6 is 22.9 Å². The molecule has 0 spiro atoms. The van der Waals surface area contributed by atoms with Gasteiger partial charge in [-0.05, 0) is 37.8 Å². The van der Waals surface area contributed by atoms with Crippen LogP contribution in [-0.4, -0.2) is 17.2 Å². The van der Waals surface area contributed by atoms with Gasteiger partial charge in [0.05, 0.1) is 5.69 Å². The van der Waals surface area contributed by atoms with E-state index in [0.717, 1.165) is 34.3 Å². The van der Waals surface area contributed by atoms with Gasteiger partial charge in [0.15, 0.2) is 0 Å². The summed E-state index contributed by atoms with van der Waals surface area (Å²) in [6.07, 6.45) is 10.0. The largest absolute Gasteiger partial charge is 0.227 e. The molecule has 1 aromatic carbocycles. The van der Waals surface area contributed by atoms with Crippen molar-refractivity contribution < 1.29 is 0 Å². The summed E-state index contributed by atoms with van der Waals surface area (Å²) in [6.45, 7) is 0.442. The third kappa shape index (κ3) is 3.49. The van der Waals surface area contributed by atoms with Crippen LogP contribution in [0.2, 0.25) is 5.02 Å². The molecule has 1 aromatic heterocycles. The Morgan fingerprint density at radius 1 is 1.27 bits per heavy atom. The van der Waals surface area contributed by atoms with Gasteiger partial charge < -0.3 is 0 Å². The Kier molecular flexibility index (Phi) is 4.77. The Labute approximate surface area is 139 Å². The first kappa shape index (κ1) is 15.1. The lowest BCUT2D eigenvalue weighted by molar-refractivity contribution is 0.886. The Bertz CT molecular complexity index is 704. The highest BCUT2D eigenvalue weighted by molar-refractivity contribution is 7.14. The van der Waals surface area contributed by atoms with Crippen molar-refractivity contribution in [1.82, 2.24) is 4.98 Å². The number of nitrogens with zero attached hydrogens (tertiary/aromatic N) is 3. The van der Waals surface area contributed by atoms with Crippen LogP contribution in [0, 0.1) is 12.3 Å². The second-order valence-corrected chi connectivity index (χ2v) is 6.43. The molecule has 1 heterocycles. The molecule has 0 N–H and O–H groups in total. The minimum Gasteiger partial charge on any atom is -0.227 e. The van der Waals surface area contributed by atoms with E-state index in [0.29, 0.717) is 6.54 Å². The van der Waals surface area contributed by atoms with E-state index in [9.17, 15) is 0 Å². The van der Waals surface area contributed by atoms with Crippen LogP contribution in [0.15, 0.2) is 34.7 Å². The Morgan fingerprint density at radius 3 is 2.68 bits per heavy atom. The van der Waals surface area contributed by atoms with Crippen LogP contribution in [-0.2, 0) is 0 Å². The van der Waals surface area contributed by atoms with Gasteiger partial charge in [-0.3, -0.25) is 0 Å². The Balaban J connectivity index is 1.85. The molecular weight excluding hydrogens is 314 g/mol. The number of hydrogen-bond acceptors (Lipinski definition) is 4. The molecule has 1 aliphatic carbocycles. The maximum Gasteiger partial charge on any atom is 0.207 e. The Hall–Kier alpha value is -1.83. The summed E-state index contributed by atoms with van der Waals surface area (Å²) >= 11 is 7.48. The number of thiazole rings is 1. The average Bonchev–Trinajstić information content (AvgIpc) is 3.19. The highest BCUT2D eigenvalue weighted by Gasteiger charge is 2.14. The number of benzene rings is 1. The molecule has 0 radical (unpaired) electrons. The molecule has 5 heteroatoms. The molecule has 2 aromatic rings. The van der Waals surface area contributed by atoms with Crippen molar-refractivity contribution in [2.45, 2.75) is 25.7 Å². The van der Waals surface area contributed by atoms with E-state index < -0.39 is 0 Å². The maximum absolute atomic E-state index is 5.93. The lowest BCUT2D eigenvalue weighted by atomic mass is 10.2. The summed E-state index contributed by atoms with van der Waals surface area (Å²) in [6, 6.07) is 7.67. The minimum absolute atomic E-state index is 0.442. The molecule has 3 nitrogen and oxygen atoms in total. The van der Waals surface area contributed by atoms with E-state index in [-0.39, 0.29) is 0 Å². The van der Waals surface area contributed by atoms with Crippen molar-refractivity contribution in [3.05, 3.63) is 34.7 Å². The van der Waals surface area contributed by atoms with Crippen LogP contribution in [0.25, 0.3) is 11.3 Å². The normalized spacial score (nSPS) is 13.9. The van der Waals surface area contributed by atoms with Gasteiger partial charge in [-0.1, -0.05) is 29.7 Å². The van der Waals surface area contributed by atoms with Crippen molar-refractivity contribution >= 4 is 33.8 Å². The maximum atomic E-state index is 5.93. The first-order valence-corrected chi connectivity index (χ1v) is 8.51. The molecular formula is C17H16ClN3S. The molecule has 0 bridgehead atoms. The van der Waals surface area contributed by atoms with Crippen molar-refractivity contribution in [3.63, 3.8) is 0 Å². The zero-order valence-corrected chi connectivity index (χ0v) is 13.7. The van der Waals surface area contributed by atoms with Gasteiger partial charge in [0.1, 0.15) is 6.54 Å². The zero-order valence-electron chi connectivity index (χ0n) is 12.1. The number of rotatable bonds is 4. The molecule has 0 amide bonds. The van der Waals surface area contributed by atoms with Crippen LogP contribution in [0.4, 0.5) is 5.13 Å². The number of aromatic nitrogens is 1. The summed E-state index contributed by atoms with van der Waals surface area (Å²) < 4.78 is 0. The molecule has 1 fully saturated rings. The van der Waals surface area contributed by atoms with Crippen molar-refractivity contribution in [3.8, 4) is 23.6 Å². The fourth-order valence-corrected chi connectivity index (χ4v) is 3.33. The van der Waals surface area contributed by atoms with Gasteiger partial charge in [-0.15, -0.1) is 17.8 Å². The number of halogens is 1.